The molecule has 15 nitrogen and oxygen atoms in total. The Morgan fingerprint density at radius 3 is 1.94 bits per heavy atom. The number of carbonyl (C=O) groups is 7. The Morgan fingerprint density at radius 2 is 1.39 bits per heavy atom. The lowest BCUT2D eigenvalue weighted by Gasteiger charge is -2.33. The van der Waals surface area contributed by atoms with Crippen LogP contribution in [0.25, 0.3) is 0 Å². The van der Waals surface area contributed by atoms with Crippen LogP contribution in [0.3, 0.4) is 0 Å². The number of fused-ring (bicyclic) bond motifs is 3. The Balaban J connectivity index is 1.30. The van der Waals surface area contributed by atoms with Gasteiger partial charge in [-0.15, -0.1) is 0 Å². The molecule has 0 spiro atoms. The van der Waals surface area contributed by atoms with Crippen LogP contribution in [0, 0.1) is 5.92 Å². The van der Waals surface area contributed by atoms with E-state index in [0.29, 0.717) is 25.8 Å². The predicted molar refractivity (Wildman–Crippen MR) is 185 cm³/mol. The molecule has 0 radical (unpaired) electrons. The van der Waals surface area contributed by atoms with Crippen LogP contribution in [-0.2, 0) is 44.7 Å². The summed E-state index contributed by atoms with van der Waals surface area (Å²) in [5.41, 5.74) is 1.38. The van der Waals surface area contributed by atoms with Crippen molar-refractivity contribution in [1.29, 1.82) is 0 Å². The van der Waals surface area contributed by atoms with Gasteiger partial charge in [-0.25, -0.2) is 4.79 Å². The van der Waals surface area contributed by atoms with E-state index >= 15 is 0 Å². The summed E-state index contributed by atoms with van der Waals surface area (Å²) in [4.78, 5) is 94.1. The van der Waals surface area contributed by atoms with Crippen molar-refractivity contribution in [1.82, 2.24) is 31.1 Å². The third-order valence-corrected chi connectivity index (χ3v) is 9.62. The molecule has 0 unspecified atom stereocenters. The molecule has 2 heterocycles. The van der Waals surface area contributed by atoms with Crippen molar-refractivity contribution in [2.75, 3.05) is 13.7 Å². The summed E-state index contributed by atoms with van der Waals surface area (Å²) >= 11 is 0. The second kappa shape index (κ2) is 15.7. The molecule has 0 saturated carbocycles. The van der Waals surface area contributed by atoms with Crippen molar-refractivity contribution in [2.24, 2.45) is 5.92 Å². The molecule has 2 saturated heterocycles. The quantitative estimate of drug-likeness (QED) is 0.241. The Bertz CT molecular complexity index is 1560. The molecule has 4 N–H and O–H groups in total. The number of likely N-dealkylation sites (tertiary alicyclic amines) is 2. The minimum atomic E-state index is -1.06. The maximum absolute atomic E-state index is 14.0. The number of ether oxygens (including phenoxy) is 2. The standard InChI is InChI=1S/C36H52N6O9/c1-18(30(44)38-19(2)32(46)40-21(4)35(49)51-36(6,7)8)37-31(45)20(3)39-33(47)27-11-10-14-41(27)34(48)28-17-24-15-23-16-25(50-9)12-13-26(23)29(24)42(28)22(5)43/h12-13,16,18-21,24,27-29H,10-11,14-15,17H2,1-9H3,(H,37,45)(H,38,44)(H,39,47)(H,40,46)/t18-,19-,20-,21-,24+,27-,28-,29-/m0/s1. The van der Waals surface area contributed by atoms with Crippen molar-refractivity contribution in [3.8, 4) is 5.75 Å². The lowest BCUT2D eigenvalue weighted by Crippen LogP contribution is -2.57. The van der Waals surface area contributed by atoms with Crippen LogP contribution in [-0.4, -0.2) is 107 Å². The average molecular weight is 713 g/mol. The van der Waals surface area contributed by atoms with Crippen molar-refractivity contribution >= 4 is 41.4 Å². The molecule has 8 atom stereocenters. The molecule has 51 heavy (non-hydrogen) atoms. The molecule has 0 aromatic heterocycles. The van der Waals surface area contributed by atoms with E-state index in [1.54, 1.807) is 32.8 Å². The highest BCUT2D eigenvalue weighted by atomic mass is 16.6. The van der Waals surface area contributed by atoms with Gasteiger partial charge >= 0.3 is 5.97 Å². The van der Waals surface area contributed by atoms with E-state index in [1.807, 2.05) is 18.2 Å². The zero-order chi connectivity index (χ0) is 37.9. The van der Waals surface area contributed by atoms with Crippen LogP contribution in [0.4, 0.5) is 0 Å². The molecular weight excluding hydrogens is 660 g/mol. The first-order chi connectivity index (χ1) is 23.8. The molecule has 1 aromatic rings. The summed E-state index contributed by atoms with van der Waals surface area (Å²) in [6, 6.07) is -0.0438. The highest BCUT2D eigenvalue weighted by Gasteiger charge is 2.52. The largest absolute Gasteiger partial charge is 0.497 e. The number of nitrogens with one attached hydrogen (secondary N) is 4. The number of esters is 1. The van der Waals surface area contributed by atoms with E-state index in [1.165, 1.54) is 39.5 Å². The van der Waals surface area contributed by atoms with Crippen LogP contribution < -0.4 is 26.0 Å². The molecule has 280 valence electrons. The Kier molecular flexibility index (Phi) is 12.0. The Morgan fingerprint density at radius 1 is 0.824 bits per heavy atom. The van der Waals surface area contributed by atoms with E-state index in [2.05, 4.69) is 21.3 Å². The first kappa shape index (κ1) is 39.1. The molecule has 15 heteroatoms. The summed E-state index contributed by atoms with van der Waals surface area (Å²) in [5, 5.41) is 10.2. The predicted octanol–water partition coefficient (Wildman–Crippen LogP) is 0.881. The van der Waals surface area contributed by atoms with Gasteiger partial charge < -0.3 is 40.5 Å². The Labute approximate surface area is 298 Å². The fourth-order valence-corrected chi connectivity index (χ4v) is 7.11. The first-order valence-electron chi connectivity index (χ1n) is 17.5. The summed E-state index contributed by atoms with van der Waals surface area (Å²) < 4.78 is 10.6. The normalized spacial score (nSPS) is 23.2. The van der Waals surface area contributed by atoms with Gasteiger partial charge in [-0.1, -0.05) is 6.07 Å². The van der Waals surface area contributed by atoms with Crippen molar-refractivity contribution in [2.45, 2.75) is 129 Å². The molecule has 4 rings (SSSR count). The highest BCUT2D eigenvalue weighted by molar-refractivity contribution is 5.97. The van der Waals surface area contributed by atoms with Crippen LogP contribution in [0.15, 0.2) is 18.2 Å². The lowest BCUT2D eigenvalue weighted by atomic mass is 9.99. The highest BCUT2D eigenvalue weighted by Crippen LogP contribution is 2.50. The van der Waals surface area contributed by atoms with Gasteiger partial charge in [0.2, 0.25) is 35.4 Å². The number of carbonyl (C=O) groups excluding carboxylic acids is 7. The van der Waals surface area contributed by atoms with E-state index in [0.717, 1.165) is 23.3 Å². The zero-order valence-corrected chi connectivity index (χ0v) is 31.0. The van der Waals surface area contributed by atoms with Crippen molar-refractivity contribution in [3.05, 3.63) is 29.3 Å². The number of amides is 6. The molecule has 1 aliphatic carbocycles. The first-order valence-corrected chi connectivity index (χ1v) is 17.5. The fourth-order valence-electron chi connectivity index (χ4n) is 7.11. The fraction of sp³-hybridized carbons (Fsp3) is 0.639. The molecular formula is C36H52N6O9. The van der Waals surface area contributed by atoms with Gasteiger partial charge in [0.15, 0.2) is 0 Å². The maximum Gasteiger partial charge on any atom is 0.328 e. The number of hydrogen-bond acceptors (Lipinski definition) is 9. The summed E-state index contributed by atoms with van der Waals surface area (Å²) in [7, 11) is 1.61. The second-order valence-electron chi connectivity index (χ2n) is 14.8. The number of methoxy groups -OCH3 is 1. The molecule has 0 bridgehead atoms. The van der Waals surface area contributed by atoms with Gasteiger partial charge in [0, 0.05) is 13.5 Å². The summed E-state index contributed by atoms with van der Waals surface area (Å²) in [6.07, 6.45) is 2.19. The number of benzene rings is 1. The van der Waals surface area contributed by atoms with Gasteiger partial charge in [0.1, 0.15) is 47.6 Å². The maximum atomic E-state index is 14.0. The number of hydrogen-bond donors (Lipinski definition) is 4. The number of rotatable bonds is 11. The molecule has 6 amide bonds. The van der Waals surface area contributed by atoms with E-state index in [9.17, 15) is 33.6 Å². The molecule has 2 aliphatic heterocycles. The smallest absolute Gasteiger partial charge is 0.328 e. The third-order valence-electron chi connectivity index (χ3n) is 9.62. The average Bonchev–Trinajstić information content (AvgIpc) is 3.77. The molecule has 2 fully saturated rings. The van der Waals surface area contributed by atoms with Gasteiger partial charge in [-0.2, -0.15) is 0 Å². The van der Waals surface area contributed by atoms with E-state index in [-0.39, 0.29) is 23.8 Å². The topological polar surface area (TPSA) is 193 Å². The van der Waals surface area contributed by atoms with Crippen molar-refractivity contribution in [3.63, 3.8) is 0 Å². The van der Waals surface area contributed by atoms with Crippen LogP contribution in [0.2, 0.25) is 0 Å². The van der Waals surface area contributed by atoms with Gasteiger partial charge in [0.05, 0.1) is 13.2 Å². The summed E-state index contributed by atoms with van der Waals surface area (Å²) in [6.45, 7) is 12.7. The number of nitrogens with zero attached hydrogens (tertiary/aromatic N) is 2. The minimum Gasteiger partial charge on any atom is -0.497 e. The molecule has 3 aliphatic rings. The van der Waals surface area contributed by atoms with Crippen LogP contribution >= 0.6 is 0 Å². The zero-order valence-electron chi connectivity index (χ0n) is 31.0. The Hall–Kier alpha value is -4.69. The second-order valence-corrected chi connectivity index (χ2v) is 14.8. The van der Waals surface area contributed by atoms with Gasteiger partial charge in [0.25, 0.3) is 0 Å². The van der Waals surface area contributed by atoms with Crippen molar-refractivity contribution < 1.29 is 43.0 Å². The third kappa shape index (κ3) is 8.98. The van der Waals surface area contributed by atoms with Gasteiger partial charge in [-0.05, 0) is 103 Å². The summed E-state index contributed by atoms with van der Waals surface area (Å²) in [5.74, 6) is -2.72. The van der Waals surface area contributed by atoms with Crippen LogP contribution in [0.5, 0.6) is 5.75 Å². The molecule has 1 aromatic carbocycles. The van der Waals surface area contributed by atoms with E-state index < -0.39 is 71.5 Å². The minimum absolute atomic E-state index is 0.0703. The SMILES string of the molecule is COc1ccc2c(c1)C[C@@H]1C[C@@H](C(=O)N3CCC[C@H]3C(=O)N[C@@H](C)C(=O)N[C@@H](C)C(=O)N[C@@H](C)C(=O)N[C@@H](C)C(=O)OC(C)(C)C)N(C(C)=O)[C@H]21. The lowest BCUT2D eigenvalue weighted by molar-refractivity contribution is -0.158. The van der Waals surface area contributed by atoms with Gasteiger partial charge in [-0.3, -0.25) is 28.8 Å². The van der Waals surface area contributed by atoms with E-state index in [4.69, 9.17) is 9.47 Å². The monoisotopic (exact) mass is 712 g/mol. The van der Waals surface area contributed by atoms with Crippen LogP contribution in [0.1, 0.15) is 91.8 Å².